The summed E-state index contributed by atoms with van der Waals surface area (Å²) in [4.78, 5) is 19.3. The van der Waals surface area contributed by atoms with Gasteiger partial charge in [-0.15, -0.1) is 0 Å². The Bertz CT molecular complexity index is 1080. The zero-order valence-electron chi connectivity index (χ0n) is 18.5. The van der Waals surface area contributed by atoms with Crippen molar-refractivity contribution in [1.82, 2.24) is 15.6 Å². The summed E-state index contributed by atoms with van der Waals surface area (Å²) in [5.41, 5.74) is 2.99. The molecule has 1 fully saturated rings. The lowest BCUT2D eigenvalue weighted by Gasteiger charge is -2.30. The maximum Gasteiger partial charge on any atom is 0.262 e. The number of benzene rings is 1. The number of hydrogen-bond acceptors (Lipinski definition) is 6. The molecule has 1 amide bonds. The molecule has 2 aromatic rings. The van der Waals surface area contributed by atoms with E-state index in [1.54, 1.807) is 18.2 Å². The molecule has 2 aliphatic rings. The number of piperazine rings is 1. The molecule has 0 bridgehead atoms. The highest BCUT2D eigenvalue weighted by atomic mass is 32.2. The number of nitrogens with zero attached hydrogens (tertiary/aromatic N) is 2. The largest absolute Gasteiger partial charge is 0.352 e. The molecule has 1 saturated heterocycles. The van der Waals surface area contributed by atoms with E-state index < -0.39 is 10.0 Å². The Morgan fingerprint density at radius 2 is 1.88 bits per heavy atom. The van der Waals surface area contributed by atoms with Crippen LogP contribution >= 0.6 is 0 Å². The molecule has 4 rings (SSSR count). The fraction of sp³-hybridized carbons (Fsp3) is 0.478. The number of amides is 1. The van der Waals surface area contributed by atoms with Crippen molar-refractivity contribution >= 4 is 27.4 Å². The Balaban J connectivity index is 1.67. The summed E-state index contributed by atoms with van der Waals surface area (Å²) in [7, 11) is -3.83. The third kappa shape index (κ3) is 5.05. The number of carbonyl (C=O) groups is 1. The first kappa shape index (κ1) is 22.5. The Kier molecular flexibility index (Phi) is 6.95. The summed E-state index contributed by atoms with van der Waals surface area (Å²) in [5.74, 6) is 0.278. The molecule has 0 atom stereocenters. The number of carbonyl (C=O) groups excluding carboxylic acids is 1. The van der Waals surface area contributed by atoms with Crippen molar-refractivity contribution in [2.24, 2.45) is 0 Å². The van der Waals surface area contributed by atoms with E-state index in [2.05, 4.69) is 20.3 Å². The number of aryl methyl sites for hydroxylation is 2. The number of anilines is 2. The lowest BCUT2D eigenvalue weighted by Crippen LogP contribution is -2.44. The van der Waals surface area contributed by atoms with Gasteiger partial charge in [-0.1, -0.05) is 13.0 Å². The van der Waals surface area contributed by atoms with Crippen LogP contribution in [0.4, 0.5) is 11.5 Å². The molecule has 1 aromatic heterocycles. The van der Waals surface area contributed by atoms with Crippen molar-refractivity contribution in [3.8, 4) is 0 Å². The van der Waals surface area contributed by atoms with E-state index in [9.17, 15) is 13.2 Å². The van der Waals surface area contributed by atoms with Crippen LogP contribution in [0.25, 0.3) is 0 Å². The molecule has 32 heavy (non-hydrogen) atoms. The first-order chi connectivity index (χ1) is 15.5. The minimum absolute atomic E-state index is 0.241. The molecule has 2 heterocycles. The average Bonchev–Trinajstić information content (AvgIpc) is 2.82. The molecule has 0 spiro atoms. The average molecular weight is 458 g/mol. The van der Waals surface area contributed by atoms with Crippen LogP contribution in [0.5, 0.6) is 0 Å². The second kappa shape index (κ2) is 9.87. The summed E-state index contributed by atoms with van der Waals surface area (Å²) >= 11 is 0. The van der Waals surface area contributed by atoms with E-state index in [0.717, 1.165) is 50.8 Å². The molecule has 1 aliphatic carbocycles. The zero-order chi connectivity index (χ0) is 22.6. The van der Waals surface area contributed by atoms with Crippen LogP contribution in [-0.2, 0) is 22.9 Å². The van der Waals surface area contributed by atoms with Crippen molar-refractivity contribution in [2.75, 3.05) is 42.3 Å². The van der Waals surface area contributed by atoms with E-state index in [0.29, 0.717) is 36.7 Å². The normalized spacial score (nSPS) is 16.3. The van der Waals surface area contributed by atoms with E-state index >= 15 is 0 Å². The quantitative estimate of drug-likeness (QED) is 0.590. The summed E-state index contributed by atoms with van der Waals surface area (Å²) in [6, 6.07) is 6.97. The number of hydrogen-bond donors (Lipinski definition) is 3. The lowest BCUT2D eigenvalue weighted by atomic mass is 9.92. The number of rotatable bonds is 7. The zero-order valence-corrected chi connectivity index (χ0v) is 19.3. The summed E-state index contributed by atoms with van der Waals surface area (Å²) in [6.07, 6.45) is 6.45. The molecule has 0 unspecified atom stereocenters. The first-order valence-corrected chi connectivity index (χ1v) is 12.8. The van der Waals surface area contributed by atoms with Gasteiger partial charge in [0.2, 0.25) is 0 Å². The van der Waals surface area contributed by atoms with Crippen molar-refractivity contribution in [3.63, 3.8) is 0 Å². The number of pyridine rings is 1. The van der Waals surface area contributed by atoms with Gasteiger partial charge in [-0.2, -0.15) is 0 Å². The Morgan fingerprint density at radius 1 is 1.12 bits per heavy atom. The van der Waals surface area contributed by atoms with Crippen LogP contribution in [0, 0.1) is 0 Å². The van der Waals surface area contributed by atoms with Gasteiger partial charge in [-0.05, 0) is 61.4 Å². The van der Waals surface area contributed by atoms with Crippen LogP contribution in [0.15, 0.2) is 35.4 Å². The molecule has 0 saturated carbocycles. The highest BCUT2D eigenvalue weighted by molar-refractivity contribution is 7.92. The lowest BCUT2D eigenvalue weighted by molar-refractivity contribution is 0.0953. The number of fused-ring (bicyclic) bond motifs is 1. The molecule has 172 valence electrons. The van der Waals surface area contributed by atoms with Crippen molar-refractivity contribution in [1.29, 1.82) is 0 Å². The van der Waals surface area contributed by atoms with Crippen LogP contribution in [-0.4, -0.2) is 52.0 Å². The Labute approximate surface area is 189 Å². The number of nitrogens with one attached hydrogen (secondary N) is 3. The van der Waals surface area contributed by atoms with Gasteiger partial charge >= 0.3 is 0 Å². The van der Waals surface area contributed by atoms with Crippen LogP contribution in [0.3, 0.4) is 0 Å². The molecular formula is C23H31N5O3S. The van der Waals surface area contributed by atoms with Crippen LogP contribution < -0.4 is 20.3 Å². The Morgan fingerprint density at radius 3 is 2.62 bits per heavy atom. The van der Waals surface area contributed by atoms with Crippen molar-refractivity contribution in [3.05, 3.63) is 47.2 Å². The molecule has 8 nitrogen and oxygen atoms in total. The fourth-order valence-corrected chi connectivity index (χ4v) is 5.31. The molecule has 9 heteroatoms. The third-order valence-corrected chi connectivity index (χ3v) is 7.32. The van der Waals surface area contributed by atoms with E-state index in [1.807, 2.05) is 17.9 Å². The van der Waals surface area contributed by atoms with Gasteiger partial charge in [0.05, 0.1) is 16.1 Å². The fourth-order valence-electron chi connectivity index (χ4n) is 4.21. The smallest absolute Gasteiger partial charge is 0.262 e. The third-order valence-electron chi connectivity index (χ3n) is 5.96. The minimum atomic E-state index is -3.83. The van der Waals surface area contributed by atoms with Crippen LogP contribution in [0.1, 0.15) is 47.7 Å². The topological polar surface area (TPSA) is 103 Å². The predicted octanol–water partition coefficient (Wildman–Crippen LogP) is 2.31. The first-order valence-electron chi connectivity index (χ1n) is 11.4. The summed E-state index contributed by atoms with van der Waals surface area (Å²) < 4.78 is 29.3. The van der Waals surface area contributed by atoms with Gasteiger partial charge in [-0.25, -0.2) is 13.4 Å². The Hall–Kier alpha value is -2.65. The van der Waals surface area contributed by atoms with Gasteiger partial charge in [0.1, 0.15) is 0 Å². The maximum atomic E-state index is 13.3. The van der Waals surface area contributed by atoms with Gasteiger partial charge in [-0.3, -0.25) is 9.52 Å². The second-order valence-electron chi connectivity index (χ2n) is 8.33. The summed E-state index contributed by atoms with van der Waals surface area (Å²) in [5, 5.41) is 6.11. The van der Waals surface area contributed by atoms with Crippen molar-refractivity contribution in [2.45, 2.75) is 43.9 Å². The molecule has 1 aliphatic heterocycles. The van der Waals surface area contributed by atoms with Gasteiger partial charge < -0.3 is 15.5 Å². The van der Waals surface area contributed by atoms with E-state index in [1.165, 1.54) is 11.8 Å². The monoisotopic (exact) mass is 457 g/mol. The highest BCUT2D eigenvalue weighted by Crippen LogP contribution is 2.29. The number of aromatic nitrogens is 1. The van der Waals surface area contributed by atoms with E-state index in [-0.39, 0.29) is 10.8 Å². The minimum Gasteiger partial charge on any atom is -0.352 e. The number of sulfonamides is 1. The maximum absolute atomic E-state index is 13.3. The van der Waals surface area contributed by atoms with Gasteiger partial charge in [0, 0.05) is 38.9 Å². The van der Waals surface area contributed by atoms with Gasteiger partial charge in [0.15, 0.2) is 5.82 Å². The molecular weight excluding hydrogens is 426 g/mol. The SMILES string of the molecule is CCCNC(=O)c1cnc(N2CCNCC2)c(NS(=O)(=O)c2ccc3c(c2)CCCC3)c1. The van der Waals surface area contributed by atoms with E-state index in [4.69, 9.17) is 0 Å². The summed E-state index contributed by atoms with van der Waals surface area (Å²) in [6.45, 7) is 5.53. The van der Waals surface area contributed by atoms with Crippen molar-refractivity contribution < 1.29 is 13.2 Å². The second-order valence-corrected chi connectivity index (χ2v) is 10.0. The molecule has 3 N–H and O–H groups in total. The standard InChI is InChI=1S/C23H31N5O3S/c1-2-9-25-23(29)19-15-21(22(26-16-19)28-12-10-24-11-13-28)27-32(30,31)20-8-7-17-5-3-4-6-18(17)14-20/h7-8,14-16,24,27H,2-6,9-13H2,1H3,(H,25,29). The van der Waals surface area contributed by atoms with Gasteiger partial charge in [0.25, 0.3) is 15.9 Å². The highest BCUT2D eigenvalue weighted by Gasteiger charge is 2.23. The predicted molar refractivity (Wildman–Crippen MR) is 126 cm³/mol. The van der Waals surface area contributed by atoms with Crippen LogP contribution in [0.2, 0.25) is 0 Å². The molecule has 0 radical (unpaired) electrons. The molecule has 1 aromatic carbocycles.